The highest BCUT2D eigenvalue weighted by atomic mass is 16.5. The number of fused-ring (bicyclic) bond motifs is 2. The van der Waals surface area contributed by atoms with E-state index in [2.05, 4.69) is 25.8 Å². The van der Waals surface area contributed by atoms with E-state index in [-0.39, 0.29) is 29.3 Å². The molecular formula is C24H27NO4. The van der Waals surface area contributed by atoms with Gasteiger partial charge in [0.1, 0.15) is 23.0 Å². The Labute approximate surface area is 170 Å². The minimum absolute atomic E-state index is 0.0211. The average Bonchev–Trinajstić information content (AvgIpc) is 2.66. The van der Waals surface area contributed by atoms with Crippen LogP contribution in [0.4, 0.5) is 0 Å². The second kappa shape index (κ2) is 6.85. The van der Waals surface area contributed by atoms with Crippen molar-refractivity contribution in [2.75, 3.05) is 14.2 Å². The maximum Gasteiger partial charge on any atom is 0.130 e. The lowest BCUT2D eigenvalue weighted by Gasteiger charge is -2.39. The first kappa shape index (κ1) is 19.4. The fourth-order valence-corrected chi connectivity index (χ4v) is 4.67. The molecule has 0 aliphatic carbocycles. The van der Waals surface area contributed by atoms with Crippen molar-refractivity contribution in [3.63, 3.8) is 0 Å². The molecule has 0 fully saturated rings. The Hall–Kier alpha value is -2.92. The molecular weight excluding hydrogens is 366 g/mol. The number of hydrogen-bond donors (Lipinski definition) is 3. The molecule has 0 amide bonds. The second-order valence-electron chi connectivity index (χ2n) is 8.10. The summed E-state index contributed by atoms with van der Waals surface area (Å²) in [5.41, 5.74) is 4.32. The second-order valence-corrected chi connectivity index (χ2v) is 8.10. The number of ether oxygens (including phenoxy) is 1. The van der Waals surface area contributed by atoms with Crippen LogP contribution in [-0.4, -0.2) is 40.4 Å². The van der Waals surface area contributed by atoms with Gasteiger partial charge in [-0.2, -0.15) is 0 Å². The van der Waals surface area contributed by atoms with E-state index in [9.17, 15) is 15.3 Å². The normalized spacial score (nSPS) is 19.3. The number of nitrogens with zero attached hydrogens (tertiary/aromatic N) is 1. The Morgan fingerprint density at radius 1 is 1.00 bits per heavy atom. The van der Waals surface area contributed by atoms with E-state index >= 15 is 0 Å². The molecule has 3 N–H and O–H groups in total. The highest BCUT2D eigenvalue weighted by Crippen LogP contribution is 2.49. The van der Waals surface area contributed by atoms with Crippen LogP contribution >= 0.6 is 0 Å². The third-order valence-corrected chi connectivity index (χ3v) is 6.35. The summed E-state index contributed by atoms with van der Waals surface area (Å²) in [5, 5.41) is 33.5. The summed E-state index contributed by atoms with van der Waals surface area (Å²) >= 11 is 0. The van der Waals surface area contributed by atoms with Crippen molar-refractivity contribution in [1.29, 1.82) is 0 Å². The van der Waals surface area contributed by atoms with Crippen LogP contribution in [0.25, 0.3) is 21.9 Å². The highest BCUT2D eigenvalue weighted by Gasteiger charge is 2.33. The Morgan fingerprint density at radius 3 is 2.41 bits per heavy atom. The van der Waals surface area contributed by atoms with Crippen molar-refractivity contribution in [3.05, 3.63) is 47.0 Å². The first-order chi connectivity index (χ1) is 13.7. The Bertz CT molecular complexity index is 1120. The monoisotopic (exact) mass is 393 g/mol. The number of phenolic OH excluding ortho intramolecular Hbond substituents is 3. The maximum absolute atomic E-state index is 10.9. The fraction of sp³-hybridized carbons (Fsp3) is 0.333. The number of phenols is 3. The van der Waals surface area contributed by atoms with E-state index in [1.54, 1.807) is 13.2 Å². The number of aryl methyl sites for hydroxylation is 1. The smallest absolute Gasteiger partial charge is 0.130 e. The summed E-state index contributed by atoms with van der Waals surface area (Å²) in [7, 11) is 3.63. The molecule has 0 radical (unpaired) electrons. The standard InChI is InChI=1S/C24H27NO4/c1-12-8-16-15(6-7-18(26)24(16)21(9-12)29-5)23-17-10-13(2)25(4)14(3)22(17)19(27)11-20(23)28/h6-9,11,13-14,26-28H,10H2,1-5H3/t13-,14-/m1/s1. The summed E-state index contributed by atoms with van der Waals surface area (Å²) < 4.78 is 5.52. The molecule has 4 rings (SSSR count). The van der Waals surface area contributed by atoms with Crippen molar-refractivity contribution >= 4 is 10.8 Å². The Morgan fingerprint density at radius 2 is 1.72 bits per heavy atom. The quantitative estimate of drug-likeness (QED) is 0.579. The Kier molecular flexibility index (Phi) is 4.58. The van der Waals surface area contributed by atoms with Crippen LogP contribution in [0.5, 0.6) is 23.0 Å². The topological polar surface area (TPSA) is 73.2 Å². The lowest BCUT2D eigenvalue weighted by molar-refractivity contribution is 0.176. The minimum atomic E-state index is 0.0211. The SMILES string of the molecule is COc1cc(C)cc2c(-c3c(O)cc(O)c4c3C[C@@H](C)N(C)[C@@H]4C)ccc(O)c12. The van der Waals surface area contributed by atoms with Gasteiger partial charge in [0.05, 0.1) is 12.5 Å². The largest absolute Gasteiger partial charge is 0.507 e. The third-order valence-electron chi connectivity index (χ3n) is 6.35. The summed E-state index contributed by atoms with van der Waals surface area (Å²) in [6.45, 7) is 6.19. The predicted octanol–water partition coefficient (Wildman–Crippen LogP) is 4.88. The average molecular weight is 393 g/mol. The van der Waals surface area contributed by atoms with Crippen LogP contribution in [0.2, 0.25) is 0 Å². The van der Waals surface area contributed by atoms with Gasteiger partial charge < -0.3 is 20.1 Å². The number of rotatable bonds is 2. The molecule has 0 aromatic heterocycles. The third kappa shape index (κ3) is 2.88. The van der Waals surface area contributed by atoms with Gasteiger partial charge in [-0.15, -0.1) is 0 Å². The molecule has 1 aliphatic heterocycles. The van der Waals surface area contributed by atoms with E-state index in [1.165, 1.54) is 6.07 Å². The van der Waals surface area contributed by atoms with Crippen LogP contribution in [0, 0.1) is 6.92 Å². The van der Waals surface area contributed by atoms with Gasteiger partial charge in [-0.25, -0.2) is 0 Å². The molecule has 1 aliphatic rings. The van der Waals surface area contributed by atoms with Gasteiger partial charge in [0.25, 0.3) is 0 Å². The summed E-state index contributed by atoms with van der Waals surface area (Å²) in [4.78, 5) is 2.23. The van der Waals surface area contributed by atoms with Crippen molar-refractivity contribution in [3.8, 4) is 34.1 Å². The molecule has 1 heterocycles. The maximum atomic E-state index is 10.9. The van der Waals surface area contributed by atoms with Crippen LogP contribution in [0.3, 0.4) is 0 Å². The Balaban J connectivity index is 2.11. The highest BCUT2D eigenvalue weighted by molar-refractivity contribution is 6.05. The first-order valence-corrected chi connectivity index (χ1v) is 9.84. The van der Waals surface area contributed by atoms with E-state index in [0.717, 1.165) is 27.6 Å². The van der Waals surface area contributed by atoms with Gasteiger partial charge in [-0.1, -0.05) is 6.07 Å². The molecule has 3 aromatic carbocycles. The van der Waals surface area contributed by atoms with Gasteiger partial charge in [-0.05, 0) is 74.5 Å². The summed E-state index contributed by atoms with van der Waals surface area (Å²) in [6, 6.07) is 9.06. The number of benzene rings is 3. The molecule has 0 spiro atoms. The van der Waals surface area contributed by atoms with Gasteiger partial charge in [0.15, 0.2) is 0 Å². The van der Waals surface area contributed by atoms with Crippen molar-refractivity contribution < 1.29 is 20.1 Å². The lowest BCUT2D eigenvalue weighted by atomic mass is 9.82. The van der Waals surface area contributed by atoms with Crippen LogP contribution in [0.1, 0.15) is 36.6 Å². The van der Waals surface area contributed by atoms with Crippen LogP contribution in [-0.2, 0) is 6.42 Å². The lowest BCUT2D eigenvalue weighted by Crippen LogP contribution is -2.38. The van der Waals surface area contributed by atoms with Gasteiger partial charge in [-0.3, -0.25) is 4.90 Å². The molecule has 3 aromatic rings. The molecule has 0 saturated heterocycles. The number of aromatic hydroxyl groups is 3. The zero-order valence-electron chi connectivity index (χ0n) is 17.4. The van der Waals surface area contributed by atoms with Gasteiger partial charge >= 0.3 is 0 Å². The number of likely N-dealkylation sites (N-methyl/N-ethyl adjacent to an activating group) is 1. The first-order valence-electron chi connectivity index (χ1n) is 9.84. The van der Waals surface area contributed by atoms with Gasteiger partial charge in [0, 0.05) is 29.3 Å². The minimum Gasteiger partial charge on any atom is -0.507 e. The van der Waals surface area contributed by atoms with Gasteiger partial charge in [0.2, 0.25) is 0 Å². The molecule has 0 bridgehead atoms. The molecule has 29 heavy (non-hydrogen) atoms. The van der Waals surface area contributed by atoms with E-state index in [1.807, 2.05) is 25.1 Å². The van der Waals surface area contributed by atoms with Crippen molar-refractivity contribution in [2.24, 2.45) is 0 Å². The summed E-state index contributed by atoms with van der Waals surface area (Å²) in [5.74, 6) is 0.879. The van der Waals surface area contributed by atoms with Crippen LogP contribution in [0.15, 0.2) is 30.3 Å². The summed E-state index contributed by atoms with van der Waals surface area (Å²) in [6.07, 6.45) is 0.707. The molecule has 5 heteroatoms. The molecule has 0 unspecified atom stereocenters. The molecule has 0 saturated carbocycles. The van der Waals surface area contributed by atoms with Crippen molar-refractivity contribution in [1.82, 2.24) is 4.90 Å². The van der Waals surface area contributed by atoms with E-state index in [4.69, 9.17) is 4.74 Å². The predicted molar refractivity (Wildman–Crippen MR) is 115 cm³/mol. The molecule has 152 valence electrons. The zero-order valence-corrected chi connectivity index (χ0v) is 17.4. The zero-order chi connectivity index (χ0) is 21.0. The van der Waals surface area contributed by atoms with E-state index in [0.29, 0.717) is 23.1 Å². The molecule has 5 nitrogen and oxygen atoms in total. The van der Waals surface area contributed by atoms with E-state index < -0.39 is 0 Å². The fourth-order valence-electron chi connectivity index (χ4n) is 4.67. The van der Waals surface area contributed by atoms with Crippen molar-refractivity contribution in [2.45, 2.75) is 39.3 Å². The van der Waals surface area contributed by atoms with Crippen LogP contribution < -0.4 is 4.74 Å². The molecule has 2 atom stereocenters. The number of methoxy groups -OCH3 is 1. The number of hydrogen-bond acceptors (Lipinski definition) is 5.